The fourth-order valence-electron chi connectivity index (χ4n) is 3.90. The lowest BCUT2D eigenvalue weighted by molar-refractivity contribution is -0.159. The quantitative estimate of drug-likeness (QED) is 0.435. The van der Waals surface area contributed by atoms with Crippen molar-refractivity contribution < 1.29 is 24.6 Å². The second kappa shape index (κ2) is 11.6. The topological polar surface area (TPSA) is 123 Å². The lowest BCUT2D eigenvalue weighted by Crippen LogP contribution is -2.33. The molecule has 0 atom stereocenters. The van der Waals surface area contributed by atoms with Crippen molar-refractivity contribution in [3.8, 4) is 0 Å². The van der Waals surface area contributed by atoms with Gasteiger partial charge in [-0.25, -0.2) is 14.6 Å². The highest BCUT2D eigenvalue weighted by atomic mass is 35.5. The molecule has 0 spiro atoms. The van der Waals surface area contributed by atoms with Gasteiger partial charge in [0.1, 0.15) is 5.82 Å². The van der Waals surface area contributed by atoms with Gasteiger partial charge in [0.15, 0.2) is 0 Å². The number of para-hydroxylation sites is 1. The molecule has 9 nitrogen and oxygen atoms in total. The summed E-state index contributed by atoms with van der Waals surface area (Å²) in [6.07, 6.45) is 0.820. The number of likely N-dealkylation sites (N-methyl/N-ethyl adjacent to an activating group) is 1. The largest absolute Gasteiger partial charge is 0.473 e. The molecule has 2 heterocycles. The normalized spacial score (nSPS) is 12.2. The van der Waals surface area contributed by atoms with Crippen LogP contribution in [0.1, 0.15) is 19.4 Å². The van der Waals surface area contributed by atoms with E-state index in [0.29, 0.717) is 11.6 Å². The molecule has 1 aliphatic rings. The number of aromatic nitrogens is 1. The van der Waals surface area contributed by atoms with Crippen LogP contribution in [0.2, 0.25) is 5.02 Å². The molecular formula is C25H27ClN4O5. The minimum absolute atomic E-state index is 0.00783. The Balaban J connectivity index is 0.000000509. The number of amides is 1. The number of hydrogen-bond donors (Lipinski definition) is 3. The van der Waals surface area contributed by atoms with E-state index in [2.05, 4.69) is 29.0 Å². The highest BCUT2D eigenvalue weighted by molar-refractivity contribution is 6.30. The Labute approximate surface area is 207 Å². The lowest BCUT2D eigenvalue weighted by Gasteiger charge is -2.21. The summed E-state index contributed by atoms with van der Waals surface area (Å²) in [5, 5.41) is 19.7. The van der Waals surface area contributed by atoms with Crippen LogP contribution in [-0.4, -0.2) is 64.1 Å². The fourth-order valence-corrected chi connectivity index (χ4v) is 4.08. The van der Waals surface area contributed by atoms with Gasteiger partial charge in [0.25, 0.3) is 0 Å². The molecule has 1 aliphatic heterocycles. The number of anilines is 3. The van der Waals surface area contributed by atoms with E-state index in [1.54, 1.807) is 0 Å². The van der Waals surface area contributed by atoms with Crippen molar-refractivity contribution in [1.29, 1.82) is 0 Å². The Kier molecular flexibility index (Phi) is 8.62. The van der Waals surface area contributed by atoms with Crippen molar-refractivity contribution in [2.45, 2.75) is 20.3 Å². The number of fused-ring (bicyclic) bond motifs is 2. The summed E-state index contributed by atoms with van der Waals surface area (Å²) in [6.45, 7) is 7.02. The average Bonchev–Trinajstić information content (AvgIpc) is 3.26. The van der Waals surface area contributed by atoms with E-state index in [4.69, 9.17) is 36.4 Å². The average molecular weight is 499 g/mol. The molecule has 1 aromatic heterocycles. The second-order valence-electron chi connectivity index (χ2n) is 7.81. The monoisotopic (exact) mass is 498 g/mol. The Morgan fingerprint density at radius 2 is 1.74 bits per heavy atom. The molecule has 0 radical (unpaired) electrons. The number of carbonyl (C=O) groups excluding carboxylic acids is 1. The zero-order valence-corrected chi connectivity index (χ0v) is 20.2. The molecule has 0 saturated carbocycles. The number of carbonyl (C=O) groups is 3. The van der Waals surface area contributed by atoms with Crippen molar-refractivity contribution >= 4 is 57.5 Å². The van der Waals surface area contributed by atoms with Gasteiger partial charge in [0.2, 0.25) is 5.91 Å². The second-order valence-corrected chi connectivity index (χ2v) is 8.24. The molecule has 0 fully saturated rings. The number of aliphatic carboxylic acids is 2. The number of carboxylic acid groups (broad SMARTS) is 2. The van der Waals surface area contributed by atoms with Gasteiger partial charge in [-0.05, 0) is 43.8 Å². The van der Waals surface area contributed by atoms with Gasteiger partial charge in [0, 0.05) is 28.2 Å². The maximum Gasteiger partial charge on any atom is 0.414 e. The summed E-state index contributed by atoms with van der Waals surface area (Å²) in [6, 6.07) is 15.8. The van der Waals surface area contributed by atoms with Gasteiger partial charge in [-0.15, -0.1) is 0 Å². The maximum atomic E-state index is 12.8. The van der Waals surface area contributed by atoms with Crippen LogP contribution < -0.4 is 10.2 Å². The standard InChI is InChI=1S/C23H25ClN4O.C2H2O4/c1-3-27(4-2)15-21(29)26-22-18-10-5-6-11-20(18)25-23-19(22)12-13-28(23)17-9-7-8-16(24)14-17;3-1(4)2(5)6/h5-11,14H,3-4,12-13,15H2,1-2H3,(H,25,26,29);(H,3,4)(H,5,6). The predicted octanol–water partition coefficient (Wildman–Crippen LogP) is 4.02. The van der Waals surface area contributed by atoms with Crippen molar-refractivity contribution in [1.82, 2.24) is 9.88 Å². The van der Waals surface area contributed by atoms with Gasteiger partial charge in [-0.1, -0.05) is 49.7 Å². The van der Waals surface area contributed by atoms with Gasteiger partial charge in [0.05, 0.1) is 17.7 Å². The maximum absolute atomic E-state index is 12.8. The number of carboxylic acids is 2. The summed E-state index contributed by atoms with van der Waals surface area (Å²) < 4.78 is 0. The number of nitrogens with one attached hydrogen (secondary N) is 1. The zero-order valence-electron chi connectivity index (χ0n) is 19.5. The minimum Gasteiger partial charge on any atom is -0.473 e. The zero-order chi connectivity index (χ0) is 25.5. The van der Waals surface area contributed by atoms with Crippen molar-refractivity contribution in [2.24, 2.45) is 0 Å². The molecule has 10 heteroatoms. The minimum atomic E-state index is -1.82. The third-order valence-corrected chi connectivity index (χ3v) is 5.88. The summed E-state index contributed by atoms with van der Waals surface area (Å²) in [5.74, 6) is -2.75. The molecule has 184 valence electrons. The smallest absolute Gasteiger partial charge is 0.414 e. The number of nitrogens with zero attached hydrogens (tertiary/aromatic N) is 3. The number of rotatable bonds is 6. The van der Waals surface area contributed by atoms with Crippen molar-refractivity contribution in [3.05, 3.63) is 59.1 Å². The fraction of sp³-hybridized carbons (Fsp3) is 0.280. The molecule has 0 bridgehead atoms. The van der Waals surface area contributed by atoms with E-state index in [0.717, 1.165) is 59.7 Å². The first-order valence-electron chi connectivity index (χ1n) is 11.2. The first kappa shape index (κ1) is 25.9. The lowest BCUT2D eigenvalue weighted by atomic mass is 10.1. The highest BCUT2D eigenvalue weighted by Gasteiger charge is 2.27. The third kappa shape index (κ3) is 6.26. The molecule has 4 rings (SSSR count). The van der Waals surface area contributed by atoms with E-state index < -0.39 is 11.9 Å². The molecule has 0 aliphatic carbocycles. The van der Waals surface area contributed by atoms with E-state index in [9.17, 15) is 4.79 Å². The molecule has 0 unspecified atom stereocenters. The number of pyridine rings is 1. The summed E-state index contributed by atoms with van der Waals surface area (Å²) in [5.41, 5.74) is 3.85. The van der Waals surface area contributed by atoms with Gasteiger partial charge in [-0.2, -0.15) is 0 Å². The Morgan fingerprint density at radius 3 is 2.37 bits per heavy atom. The Hall–Kier alpha value is -3.69. The van der Waals surface area contributed by atoms with Crippen LogP contribution in [0.25, 0.3) is 10.9 Å². The van der Waals surface area contributed by atoms with Crippen LogP contribution in [0.3, 0.4) is 0 Å². The van der Waals surface area contributed by atoms with Gasteiger partial charge in [-0.3, -0.25) is 9.69 Å². The molecular weight excluding hydrogens is 472 g/mol. The summed E-state index contributed by atoms with van der Waals surface area (Å²) in [7, 11) is 0. The molecule has 3 aromatic rings. The van der Waals surface area contributed by atoms with Crippen molar-refractivity contribution in [2.75, 3.05) is 36.4 Å². The molecule has 2 aromatic carbocycles. The summed E-state index contributed by atoms with van der Waals surface area (Å²) in [4.78, 5) is 40.2. The van der Waals surface area contributed by atoms with E-state index in [1.807, 2.05) is 48.5 Å². The van der Waals surface area contributed by atoms with Crippen LogP contribution in [0.15, 0.2) is 48.5 Å². The van der Waals surface area contributed by atoms with Crippen LogP contribution >= 0.6 is 11.6 Å². The van der Waals surface area contributed by atoms with E-state index >= 15 is 0 Å². The van der Waals surface area contributed by atoms with Gasteiger partial charge >= 0.3 is 11.9 Å². The van der Waals surface area contributed by atoms with Gasteiger partial charge < -0.3 is 20.4 Å². The van der Waals surface area contributed by atoms with Crippen LogP contribution in [-0.2, 0) is 20.8 Å². The number of halogens is 1. The van der Waals surface area contributed by atoms with Crippen molar-refractivity contribution in [3.63, 3.8) is 0 Å². The van der Waals surface area contributed by atoms with Crippen LogP contribution in [0.5, 0.6) is 0 Å². The highest BCUT2D eigenvalue weighted by Crippen LogP contribution is 2.41. The molecule has 3 N–H and O–H groups in total. The third-order valence-electron chi connectivity index (χ3n) is 5.64. The predicted molar refractivity (Wildman–Crippen MR) is 136 cm³/mol. The molecule has 0 saturated heterocycles. The summed E-state index contributed by atoms with van der Waals surface area (Å²) >= 11 is 6.21. The SMILES string of the molecule is CCN(CC)CC(=O)Nc1c2c(nc3ccccc13)N(c1cccc(Cl)c1)CC2.O=C(O)C(=O)O. The number of benzene rings is 2. The van der Waals surface area contributed by atoms with E-state index in [1.165, 1.54) is 0 Å². The van der Waals surface area contributed by atoms with E-state index in [-0.39, 0.29) is 5.91 Å². The Bertz CT molecular complexity index is 1230. The first-order valence-corrected chi connectivity index (χ1v) is 11.6. The van der Waals surface area contributed by atoms with Crippen LogP contribution in [0.4, 0.5) is 17.2 Å². The van der Waals surface area contributed by atoms with Crippen LogP contribution in [0, 0.1) is 0 Å². The number of hydrogen-bond acceptors (Lipinski definition) is 6. The first-order chi connectivity index (χ1) is 16.7. The molecule has 1 amide bonds. The molecule has 35 heavy (non-hydrogen) atoms. The Morgan fingerprint density at radius 1 is 1.06 bits per heavy atom.